The molecule has 1 fully saturated rings. The van der Waals surface area contributed by atoms with E-state index in [1.807, 2.05) is 4.68 Å². The number of hydrogen-bond acceptors (Lipinski definition) is 4. The summed E-state index contributed by atoms with van der Waals surface area (Å²) in [7, 11) is 0. The lowest BCUT2D eigenvalue weighted by molar-refractivity contribution is -0.139. The van der Waals surface area contributed by atoms with E-state index in [4.69, 9.17) is 16.3 Å². The van der Waals surface area contributed by atoms with E-state index in [0.29, 0.717) is 19.7 Å². The highest BCUT2D eigenvalue weighted by Gasteiger charge is 2.37. The molecule has 0 spiro atoms. The van der Waals surface area contributed by atoms with E-state index in [-0.39, 0.29) is 35.1 Å². The summed E-state index contributed by atoms with van der Waals surface area (Å²) in [5.74, 6) is -0.597. The Bertz CT molecular complexity index is 761. The molecule has 2 aromatic rings. The summed E-state index contributed by atoms with van der Waals surface area (Å²) in [6.45, 7) is 1.49. The minimum atomic E-state index is -0.452. The fourth-order valence-electron chi connectivity index (χ4n) is 3.38. The Balaban J connectivity index is 1.47. The lowest BCUT2D eigenvalue weighted by Crippen LogP contribution is -2.50. The second-order valence-corrected chi connectivity index (χ2v) is 6.50. The SMILES string of the molecule is O=C(Cc1c(F)cccc1Cl)N1CC[C@H]2[C@H](C1)OCc1cnnn12. The molecule has 2 aliphatic heterocycles. The molecule has 0 unspecified atom stereocenters. The molecule has 8 heteroatoms. The molecule has 1 saturated heterocycles. The molecule has 1 aromatic heterocycles. The lowest BCUT2D eigenvalue weighted by Gasteiger charge is -2.41. The summed E-state index contributed by atoms with van der Waals surface area (Å²) in [4.78, 5) is 14.3. The van der Waals surface area contributed by atoms with Gasteiger partial charge in [0, 0.05) is 23.7 Å². The molecule has 3 heterocycles. The number of hydrogen-bond donors (Lipinski definition) is 0. The largest absolute Gasteiger partial charge is 0.368 e. The van der Waals surface area contributed by atoms with Crippen LogP contribution in [-0.2, 0) is 22.6 Å². The van der Waals surface area contributed by atoms with Gasteiger partial charge < -0.3 is 9.64 Å². The topological polar surface area (TPSA) is 60.3 Å². The molecule has 0 N–H and O–H groups in total. The first-order chi connectivity index (χ1) is 11.6. The van der Waals surface area contributed by atoms with Gasteiger partial charge in [-0.15, -0.1) is 5.10 Å². The first-order valence-corrected chi connectivity index (χ1v) is 8.22. The van der Waals surface area contributed by atoms with Gasteiger partial charge in [-0.2, -0.15) is 0 Å². The second-order valence-electron chi connectivity index (χ2n) is 6.09. The summed E-state index contributed by atoms with van der Waals surface area (Å²) in [5, 5.41) is 8.32. The maximum atomic E-state index is 13.9. The van der Waals surface area contributed by atoms with Gasteiger partial charge >= 0.3 is 0 Å². The zero-order valence-corrected chi connectivity index (χ0v) is 13.6. The van der Waals surface area contributed by atoms with Crippen LogP contribution >= 0.6 is 11.6 Å². The van der Waals surface area contributed by atoms with Crippen molar-refractivity contribution in [2.75, 3.05) is 13.1 Å². The number of fused-ring (bicyclic) bond motifs is 3. The van der Waals surface area contributed by atoms with E-state index in [2.05, 4.69) is 10.3 Å². The molecule has 2 atom stereocenters. The Kier molecular flexibility index (Phi) is 3.97. The van der Waals surface area contributed by atoms with E-state index < -0.39 is 5.82 Å². The summed E-state index contributed by atoms with van der Waals surface area (Å²) in [5.41, 5.74) is 1.20. The molecule has 6 nitrogen and oxygen atoms in total. The molecular weight excluding hydrogens is 335 g/mol. The van der Waals surface area contributed by atoms with Crippen molar-refractivity contribution in [2.45, 2.75) is 31.6 Å². The quantitative estimate of drug-likeness (QED) is 0.831. The van der Waals surface area contributed by atoms with Crippen LogP contribution in [0.5, 0.6) is 0 Å². The number of nitrogens with zero attached hydrogens (tertiary/aromatic N) is 4. The zero-order chi connectivity index (χ0) is 16.7. The molecule has 126 valence electrons. The van der Waals surface area contributed by atoms with Crippen LogP contribution in [0.4, 0.5) is 4.39 Å². The predicted molar refractivity (Wildman–Crippen MR) is 83.9 cm³/mol. The van der Waals surface area contributed by atoms with Crippen LogP contribution in [0, 0.1) is 5.82 Å². The van der Waals surface area contributed by atoms with Gasteiger partial charge in [-0.05, 0) is 18.6 Å². The zero-order valence-electron chi connectivity index (χ0n) is 12.9. The molecule has 1 amide bonds. The number of carbonyl (C=O) groups excluding carboxylic acids is 1. The molecule has 0 bridgehead atoms. The maximum Gasteiger partial charge on any atom is 0.227 e. The molecule has 24 heavy (non-hydrogen) atoms. The van der Waals surface area contributed by atoms with Crippen LogP contribution in [0.15, 0.2) is 24.4 Å². The number of halogens is 2. The maximum absolute atomic E-state index is 13.9. The van der Waals surface area contributed by atoms with Gasteiger partial charge in [-0.25, -0.2) is 9.07 Å². The Hall–Kier alpha value is -1.99. The van der Waals surface area contributed by atoms with Crippen LogP contribution < -0.4 is 0 Å². The Labute approximate surface area is 143 Å². The van der Waals surface area contributed by atoms with Gasteiger partial charge in [0.2, 0.25) is 5.91 Å². The number of likely N-dealkylation sites (tertiary alicyclic amines) is 1. The van der Waals surface area contributed by atoms with Gasteiger partial charge in [-0.1, -0.05) is 22.9 Å². The molecule has 1 aromatic carbocycles. The highest BCUT2D eigenvalue weighted by Crippen LogP contribution is 2.31. The second kappa shape index (κ2) is 6.14. The number of benzene rings is 1. The van der Waals surface area contributed by atoms with Crippen LogP contribution in [0.25, 0.3) is 0 Å². The van der Waals surface area contributed by atoms with Crippen LogP contribution in [0.1, 0.15) is 23.7 Å². The third-order valence-corrected chi connectivity index (χ3v) is 5.03. The Morgan fingerprint density at radius 3 is 3.17 bits per heavy atom. The normalized spacial score (nSPS) is 22.8. The van der Waals surface area contributed by atoms with Gasteiger partial charge in [0.15, 0.2) is 0 Å². The number of aromatic nitrogens is 3. The van der Waals surface area contributed by atoms with Gasteiger partial charge in [0.05, 0.1) is 37.1 Å². The number of rotatable bonds is 2. The van der Waals surface area contributed by atoms with E-state index in [9.17, 15) is 9.18 Å². The number of ether oxygens (including phenoxy) is 1. The first-order valence-electron chi connectivity index (χ1n) is 7.85. The van der Waals surface area contributed by atoms with Crippen molar-refractivity contribution in [3.05, 3.63) is 46.5 Å². The molecular formula is C16H16ClFN4O2. The van der Waals surface area contributed by atoms with Crippen molar-refractivity contribution in [1.82, 2.24) is 19.9 Å². The summed E-state index contributed by atoms with van der Waals surface area (Å²) in [6.07, 6.45) is 2.27. The van der Waals surface area contributed by atoms with Crippen LogP contribution in [0.3, 0.4) is 0 Å². The summed E-state index contributed by atoms with van der Waals surface area (Å²) < 4.78 is 21.6. The summed E-state index contributed by atoms with van der Waals surface area (Å²) in [6, 6.07) is 4.54. The van der Waals surface area contributed by atoms with E-state index in [0.717, 1.165) is 12.1 Å². The third kappa shape index (κ3) is 2.67. The van der Waals surface area contributed by atoms with E-state index in [1.54, 1.807) is 17.2 Å². The molecule has 0 aliphatic carbocycles. The number of amides is 1. The van der Waals surface area contributed by atoms with Crippen molar-refractivity contribution in [3.63, 3.8) is 0 Å². The van der Waals surface area contributed by atoms with Crippen molar-refractivity contribution >= 4 is 17.5 Å². The minimum absolute atomic E-state index is 0.0442. The highest BCUT2D eigenvalue weighted by atomic mass is 35.5. The minimum Gasteiger partial charge on any atom is -0.368 e. The number of carbonyl (C=O) groups is 1. The van der Waals surface area contributed by atoms with Crippen molar-refractivity contribution in [3.8, 4) is 0 Å². The molecule has 4 rings (SSSR count). The van der Waals surface area contributed by atoms with Crippen molar-refractivity contribution < 1.29 is 13.9 Å². The van der Waals surface area contributed by atoms with E-state index in [1.165, 1.54) is 12.1 Å². The van der Waals surface area contributed by atoms with Crippen LogP contribution in [0.2, 0.25) is 5.02 Å². The molecule has 0 saturated carbocycles. The number of piperidine rings is 1. The lowest BCUT2D eigenvalue weighted by atomic mass is 9.99. The van der Waals surface area contributed by atoms with Crippen LogP contribution in [-0.4, -0.2) is 45.0 Å². The molecule has 2 aliphatic rings. The van der Waals surface area contributed by atoms with Crippen molar-refractivity contribution in [1.29, 1.82) is 0 Å². The van der Waals surface area contributed by atoms with Gasteiger partial charge in [0.1, 0.15) is 5.82 Å². The summed E-state index contributed by atoms with van der Waals surface area (Å²) >= 11 is 6.01. The average Bonchev–Trinajstić information content (AvgIpc) is 3.06. The van der Waals surface area contributed by atoms with E-state index >= 15 is 0 Å². The standard InChI is InChI=1S/C16H16ClFN4O2/c17-12-2-1-3-13(18)11(12)6-16(23)21-5-4-14-15(8-21)24-9-10-7-19-20-22(10)14/h1-3,7,14-15H,4-6,8-9H2/t14-,15-/m0/s1. The Morgan fingerprint density at radius 2 is 2.33 bits per heavy atom. The smallest absolute Gasteiger partial charge is 0.227 e. The Morgan fingerprint density at radius 1 is 1.46 bits per heavy atom. The fraction of sp³-hybridized carbons (Fsp3) is 0.438. The predicted octanol–water partition coefficient (Wildman–Crippen LogP) is 1.99. The van der Waals surface area contributed by atoms with Gasteiger partial charge in [0.25, 0.3) is 0 Å². The fourth-order valence-corrected chi connectivity index (χ4v) is 3.61. The highest BCUT2D eigenvalue weighted by molar-refractivity contribution is 6.31. The average molecular weight is 351 g/mol. The molecule has 0 radical (unpaired) electrons. The first kappa shape index (κ1) is 15.5. The van der Waals surface area contributed by atoms with Gasteiger partial charge in [-0.3, -0.25) is 4.79 Å². The monoisotopic (exact) mass is 350 g/mol. The third-order valence-electron chi connectivity index (χ3n) is 4.68. The van der Waals surface area contributed by atoms with Crippen molar-refractivity contribution in [2.24, 2.45) is 0 Å².